The highest BCUT2D eigenvalue weighted by molar-refractivity contribution is 5.81. The van der Waals surface area contributed by atoms with Crippen LogP contribution >= 0.6 is 0 Å². The van der Waals surface area contributed by atoms with Crippen LogP contribution in [0.5, 0.6) is 0 Å². The standard InChI is InChI=1S/C12H24N2O/c1-5-8-11(13)12(15)14(7-3)9-10(4)6-2/h5,10-11H,1,6-9,13H2,2-4H3. The van der Waals surface area contributed by atoms with Gasteiger partial charge in [0, 0.05) is 13.1 Å². The zero-order valence-electron chi connectivity index (χ0n) is 10.2. The minimum Gasteiger partial charge on any atom is -0.341 e. The number of nitrogens with zero attached hydrogens (tertiary/aromatic N) is 1. The first-order valence-electron chi connectivity index (χ1n) is 5.72. The molecule has 3 nitrogen and oxygen atoms in total. The van der Waals surface area contributed by atoms with Gasteiger partial charge in [0.05, 0.1) is 6.04 Å². The maximum Gasteiger partial charge on any atom is 0.239 e. The molecule has 88 valence electrons. The Morgan fingerprint density at radius 1 is 1.53 bits per heavy atom. The van der Waals surface area contributed by atoms with E-state index in [1.165, 1.54) is 0 Å². The fourth-order valence-electron chi connectivity index (χ4n) is 1.40. The zero-order valence-corrected chi connectivity index (χ0v) is 10.2. The predicted molar refractivity (Wildman–Crippen MR) is 64.5 cm³/mol. The molecule has 0 spiro atoms. The quantitative estimate of drug-likeness (QED) is 0.654. The third-order valence-electron chi connectivity index (χ3n) is 2.66. The molecule has 0 aliphatic heterocycles. The van der Waals surface area contributed by atoms with E-state index in [9.17, 15) is 4.79 Å². The Bertz CT molecular complexity index is 204. The van der Waals surface area contributed by atoms with Crippen molar-refractivity contribution in [2.24, 2.45) is 11.7 Å². The molecule has 0 aliphatic carbocycles. The molecule has 0 aliphatic rings. The maximum atomic E-state index is 11.9. The van der Waals surface area contributed by atoms with Gasteiger partial charge >= 0.3 is 0 Å². The van der Waals surface area contributed by atoms with Crippen molar-refractivity contribution in [3.63, 3.8) is 0 Å². The lowest BCUT2D eigenvalue weighted by Gasteiger charge is -2.26. The number of nitrogens with two attached hydrogens (primary N) is 1. The highest BCUT2D eigenvalue weighted by Crippen LogP contribution is 2.06. The first-order chi connectivity index (χ1) is 7.06. The van der Waals surface area contributed by atoms with Gasteiger partial charge < -0.3 is 10.6 Å². The Labute approximate surface area is 93.3 Å². The SMILES string of the molecule is C=CCC(N)C(=O)N(CC)CC(C)CC. The summed E-state index contributed by atoms with van der Waals surface area (Å²) in [5.41, 5.74) is 5.76. The monoisotopic (exact) mass is 212 g/mol. The van der Waals surface area contributed by atoms with Crippen LogP contribution in [0.15, 0.2) is 12.7 Å². The van der Waals surface area contributed by atoms with E-state index < -0.39 is 6.04 Å². The van der Waals surface area contributed by atoms with Crippen molar-refractivity contribution in [3.05, 3.63) is 12.7 Å². The second-order valence-electron chi connectivity index (χ2n) is 4.02. The van der Waals surface area contributed by atoms with E-state index in [2.05, 4.69) is 20.4 Å². The number of carbonyl (C=O) groups is 1. The van der Waals surface area contributed by atoms with E-state index >= 15 is 0 Å². The van der Waals surface area contributed by atoms with Crippen molar-refractivity contribution < 1.29 is 4.79 Å². The molecule has 3 heteroatoms. The maximum absolute atomic E-state index is 11.9. The Hall–Kier alpha value is -0.830. The van der Waals surface area contributed by atoms with E-state index in [1.807, 2.05) is 11.8 Å². The van der Waals surface area contributed by atoms with Crippen LogP contribution in [0.25, 0.3) is 0 Å². The van der Waals surface area contributed by atoms with Gasteiger partial charge in [0.1, 0.15) is 0 Å². The molecule has 0 aromatic heterocycles. The van der Waals surface area contributed by atoms with Gasteiger partial charge in [-0.3, -0.25) is 4.79 Å². The average Bonchev–Trinajstić information content (AvgIpc) is 2.24. The molecule has 1 amide bonds. The topological polar surface area (TPSA) is 46.3 Å². The molecule has 0 heterocycles. The van der Waals surface area contributed by atoms with Crippen LogP contribution in [0.2, 0.25) is 0 Å². The highest BCUT2D eigenvalue weighted by Gasteiger charge is 2.19. The predicted octanol–water partition coefficient (Wildman–Crippen LogP) is 1.78. The fourth-order valence-corrected chi connectivity index (χ4v) is 1.40. The van der Waals surface area contributed by atoms with Crippen molar-refractivity contribution in [2.75, 3.05) is 13.1 Å². The molecule has 0 aromatic rings. The van der Waals surface area contributed by atoms with Gasteiger partial charge in [-0.1, -0.05) is 26.3 Å². The van der Waals surface area contributed by atoms with Gasteiger partial charge in [-0.25, -0.2) is 0 Å². The molecule has 0 radical (unpaired) electrons. The highest BCUT2D eigenvalue weighted by atomic mass is 16.2. The summed E-state index contributed by atoms with van der Waals surface area (Å²) in [6, 6.07) is -0.425. The molecule has 15 heavy (non-hydrogen) atoms. The largest absolute Gasteiger partial charge is 0.341 e. The van der Waals surface area contributed by atoms with Gasteiger partial charge in [0.15, 0.2) is 0 Å². The van der Waals surface area contributed by atoms with Crippen LogP contribution in [0.1, 0.15) is 33.6 Å². The Morgan fingerprint density at radius 2 is 2.13 bits per heavy atom. The van der Waals surface area contributed by atoms with Gasteiger partial charge in [-0.15, -0.1) is 6.58 Å². The zero-order chi connectivity index (χ0) is 11.8. The van der Waals surface area contributed by atoms with Gasteiger partial charge in [0.25, 0.3) is 0 Å². The lowest BCUT2D eigenvalue weighted by molar-refractivity contribution is -0.132. The van der Waals surface area contributed by atoms with Crippen LogP contribution in [0.4, 0.5) is 0 Å². The molecule has 0 fully saturated rings. The Balaban J connectivity index is 4.26. The van der Waals surface area contributed by atoms with Crippen molar-refractivity contribution in [1.82, 2.24) is 4.90 Å². The van der Waals surface area contributed by atoms with Crippen molar-refractivity contribution in [3.8, 4) is 0 Å². The Morgan fingerprint density at radius 3 is 2.53 bits per heavy atom. The smallest absolute Gasteiger partial charge is 0.239 e. The molecule has 2 atom stereocenters. The molecule has 0 aromatic carbocycles. The second-order valence-corrected chi connectivity index (χ2v) is 4.02. The lowest BCUT2D eigenvalue weighted by Crippen LogP contribution is -2.45. The van der Waals surface area contributed by atoms with Crippen LogP contribution in [0, 0.1) is 5.92 Å². The van der Waals surface area contributed by atoms with Crippen molar-refractivity contribution >= 4 is 5.91 Å². The number of hydrogen-bond acceptors (Lipinski definition) is 2. The van der Waals surface area contributed by atoms with Crippen LogP contribution < -0.4 is 5.73 Å². The summed E-state index contributed by atoms with van der Waals surface area (Å²) in [5, 5.41) is 0. The molecular weight excluding hydrogens is 188 g/mol. The van der Waals surface area contributed by atoms with E-state index in [-0.39, 0.29) is 5.91 Å². The number of rotatable bonds is 7. The first kappa shape index (κ1) is 14.2. The molecule has 2 unspecified atom stereocenters. The fraction of sp³-hybridized carbons (Fsp3) is 0.750. The number of amides is 1. The van der Waals surface area contributed by atoms with Crippen LogP contribution in [-0.4, -0.2) is 29.9 Å². The van der Waals surface area contributed by atoms with Crippen LogP contribution in [0.3, 0.4) is 0 Å². The first-order valence-corrected chi connectivity index (χ1v) is 5.72. The number of likely N-dealkylation sites (N-methyl/N-ethyl adjacent to an activating group) is 1. The third kappa shape index (κ3) is 4.98. The lowest BCUT2D eigenvalue weighted by atomic mass is 10.1. The number of hydrogen-bond donors (Lipinski definition) is 1. The van der Waals surface area contributed by atoms with E-state index in [0.717, 1.165) is 19.5 Å². The third-order valence-corrected chi connectivity index (χ3v) is 2.66. The normalized spacial score (nSPS) is 14.4. The average molecular weight is 212 g/mol. The number of carbonyl (C=O) groups excluding carboxylic acids is 1. The summed E-state index contributed by atoms with van der Waals surface area (Å²) in [6.45, 7) is 11.4. The van der Waals surface area contributed by atoms with E-state index in [1.54, 1.807) is 6.08 Å². The van der Waals surface area contributed by atoms with E-state index in [0.29, 0.717) is 12.3 Å². The van der Waals surface area contributed by atoms with Crippen molar-refractivity contribution in [2.45, 2.75) is 39.7 Å². The summed E-state index contributed by atoms with van der Waals surface area (Å²) >= 11 is 0. The molecule has 0 saturated carbocycles. The summed E-state index contributed by atoms with van der Waals surface area (Å²) in [4.78, 5) is 13.7. The Kier molecular flexibility index (Phi) is 7.05. The summed E-state index contributed by atoms with van der Waals surface area (Å²) < 4.78 is 0. The summed E-state index contributed by atoms with van der Waals surface area (Å²) in [7, 11) is 0. The van der Waals surface area contributed by atoms with Crippen LogP contribution in [-0.2, 0) is 4.79 Å². The summed E-state index contributed by atoms with van der Waals surface area (Å²) in [5.74, 6) is 0.572. The molecule has 2 N–H and O–H groups in total. The minimum atomic E-state index is -0.425. The minimum absolute atomic E-state index is 0.0395. The molecule has 0 bridgehead atoms. The van der Waals surface area contributed by atoms with E-state index in [4.69, 9.17) is 5.73 Å². The summed E-state index contributed by atoms with van der Waals surface area (Å²) in [6.07, 6.45) is 3.33. The van der Waals surface area contributed by atoms with Gasteiger partial charge in [-0.2, -0.15) is 0 Å². The van der Waals surface area contributed by atoms with Gasteiger partial charge in [-0.05, 0) is 19.3 Å². The van der Waals surface area contributed by atoms with Crippen molar-refractivity contribution in [1.29, 1.82) is 0 Å². The van der Waals surface area contributed by atoms with Gasteiger partial charge in [0.2, 0.25) is 5.91 Å². The molecular formula is C12H24N2O. The molecule has 0 rings (SSSR count). The molecule has 0 saturated heterocycles. The second kappa shape index (κ2) is 7.46.